The van der Waals surface area contributed by atoms with Crippen LogP contribution in [0.3, 0.4) is 0 Å². The van der Waals surface area contributed by atoms with Crippen LogP contribution in [0.2, 0.25) is 0 Å². The van der Waals surface area contributed by atoms with Gasteiger partial charge in [0.2, 0.25) is 0 Å². The molecule has 220 valence electrons. The summed E-state index contributed by atoms with van der Waals surface area (Å²) in [6, 6.07) is 44.6. The Morgan fingerprint density at radius 3 is 2.26 bits per heavy atom. The Hall–Kier alpha value is -4.99. The number of rotatable bonds is 2. The van der Waals surface area contributed by atoms with E-state index >= 15 is 0 Å². The van der Waals surface area contributed by atoms with Gasteiger partial charge in [-0.1, -0.05) is 118 Å². The van der Waals surface area contributed by atoms with E-state index in [1.54, 1.807) is 11.3 Å². The Kier molecular flexibility index (Phi) is 5.17. The molecule has 3 heteroatoms. The molecule has 0 aliphatic heterocycles. The van der Waals surface area contributed by atoms with Crippen LogP contribution in [0, 0.1) is 0 Å². The summed E-state index contributed by atoms with van der Waals surface area (Å²) < 4.78 is 3.69. The molecule has 46 heavy (non-hydrogen) atoms. The van der Waals surface area contributed by atoms with E-state index < -0.39 is 0 Å². The summed E-state index contributed by atoms with van der Waals surface area (Å²) in [5, 5.41) is 6.25. The maximum atomic E-state index is 5.28. The Morgan fingerprint density at radius 1 is 0.696 bits per heavy atom. The van der Waals surface area contributed by atoms with Gasteiger partial charge < -0.3 is 4.57 Å². The molecule has 0 fully saturated rings. The van der Waals surface area contributed by atoms with Gasteiger partial charge in [-0.2, -0.15) is 0 Å². The molecule has 0 N–H and O–H groups in total. The van der Waals surface area contributed by atoms with Crippen LogP contribution in [-0.4, -0.2) is 9.55 Å². The predicted molar refractivity (Wildman–Crippen MR) is 195 cm³/mol. The molecule has 0 amide bonds. The highest BCUT2D eigenvalue weighted by Crippen LogP contribution is 2.64. The second-order valence-electron chi connectivity index (χ2n) is 13.7. The van der Waals surface area contributed by atoms with Gasteiger partial charge in [0.05, 0.1) is 21.3 Å². The SMILES string of the molecule is CC1(C)c2cc3c(cc2C2C=Cc4c(ccc5ccc6sc(-c7ccccc7)nc6c45)C21C)c1ccccc1n3-c1ccccc1. The number of hydrogen-bond acceptors (Lipinski definition) is 2. The average molecular weight is 609 g/mol. The van der Waals surface area contributed by atoms with E-state index in [-0.39, 0.29) is 16.7 Å². The van der Waals surface area contributed by atoms with Gasteiger partial charge in [0.1, 0.15) is 5.01 Å². The van der Waals surface area contributed by atoms with Crippen LogP contribution in [0.15, 0.2) is 127 Å². The molecule has 0 bridgehead atoms. The van der Waals surface area contributed by atoms with Gasteiger partial charge in [0.15, 0.2) is 0 Å². The zero-order valence-electron chi connectivity index (χ0n) is 26.1. The second-order valence-corrected chi connectivity index (χ2v) is 14.8. The van der Waals surface area contributed by atoms with E-state index in [1.807, 2.05) is 0 Å². The monoisotopic (exact) mass is 608 g/mol. The van der Waals surface area contributed by atoms with E-state index in [1.165, 1.54) is 70.8 Å². The molecule has 2 nitrogen and oxygen atoms in total. The lowest BCUT2D eigenvalue weighted by molar-refractivity contribution is 0.282. The molecule has 0 spiro atoms. The van der Waals surface area contributed by atoms with Crippen LogP contribution in [0.5, 0.6) is 0 Å². The number of fused-ring (bicyclic) bond motifs is 12. The maximum Gasteiger partial charge on any atom is 0.124 e. The largest absolute Gasteiger partial charge is 0.309 e. The van der Waals surface area contributed by atoms with Crippen molar-refractivity contribution in [1.82, 2.24) is 9.55 Å². The van der Waals surface area contributed by atoms with Crippen molar-refractivity contribution in [3.05, 3.63) is 150 Å². The molecule has 2 aliphatic carbocycles. The molecule has 0 saturated heterocycles. The Morgan fingerprint density at radius 2 is 1.43 bits per heavy atom. The van der Waals surface area contributed by atoms with Crippen LogP contribution in [0.4, 0.5) is 0 Å². The molecule has 8 aromatic rings. The lowest BCUT2D eigenvalue weighted by Crippen LogP contribution is -2.43. The number of allylic oxidation sites excluding steroid dienone is 1. The third kappa shape index (κ3) is 3.23. The van der Waals surface area contributed by atoms with Crippen LogP contribution >= 0.6 is 11.3 Å². The predicted octanol–water partition coefficient (Wildman–Crippen LogP) is 11.6. The lowest BCUT2D eigenvalue weighted by atomic mass is 9.57. The van der Waals surface area contributed by atoms with Gasteiger partial charge in [0, 0.05) is 44.2 Å². The maximum absolute atomic E-state index is 5.28. The smallest absolute Gasteiger partial charge is 0.124 e. The molecule has 10 rings (SSSR count). The van der Waals surface area contributed by atoms with E-state index in [2.05, 4.69) is 159 Å². The zero-order valence-corrected chi connectivity index (χ0v) is 26.9. The minimum atomic E-state index is -0.125. The number of para-hydroxylation sites is 2. The van der Waals surface area contributed by atoms with Crippen molar-refractivity contribution in [2.24, 2.45) is 0 Å². The summed E-state index contributed by atoms with van der Waals surface area (Å²) in [5.41, 5.74) is 11.5. The van der Waals surface area contributed by atoms with Gasteiger partial charge in [-0.05, 0) is 64.0 Å². The number of aromatic nitrogens is 2. The first-order valence-corrected chi connectivity index (χ1v) is 17.0. The molecule has 2 aliphatic rings. The number of nitrogens with zero attached hydrogens (tertiary/aromatic N) is 2. The van der Waals surface area contributed by atoms with Crippen molar-refractivity contribution in [3.8, 4) is 16.3 Å². The number of hydrogen-bond donors (Lipinski definition) is 0. The fourth-order valence-electron chi connectivity index (χ4n) is 8.82. The van der Waals surface area contributed by atoms with E-state index in [9.17, 15) is 0 Å². The van der Waals surface area contributed by atoms with Gasteiger partial charge in [-0.15, -0.1) is 11.3 Å². The van der Waals surface area contributed by atoms with Crippen molar-refractivity contribution in [3.63, 3.8) is 0 Å². The molecule has 2 aromatic heterocycles. The molecular weight excluding hydrogens is 577 g/mol. The molecule has 2 unspecified atom stereocenters. The van der Waals surface area contributed by atoms with E-state index in [0.29, 0.717) is 0 Å². The molecule has 0 radical (unpaired) electrons. The van der Waals surface area contributed by atoms with Crippen LogP contribution in [0.25, 0.3) is 65.1 Å². The molecule has 2 atom stereocenters. The van der Waals surface area contributed by atoms with Crippen LogP contribution < -0.4 is 0 Å². The Labute approximate surface area is 272 Å². The van der Waals surface area contributed by atoms with Crippen molar-refractivity contribution in [2.75, 3.05) is 0 Å². The first-order chi connectivity index (χ1) is 22.4. The quantitative estimate of drug-likeness (QED) is 0.191. The summed E-state index contributed by atoms with van der Waals surface area (Å²) in [6.07, 6.45) is 4.91. The summed E-state index contributed by atoms with van der Waals surface area (Å²) in [6.45, 7) is 7.45. The Bertz CT molecular complexity index is 2570. The third-order valence-electron chi connectivity index (χ3n) is 11.4. The zero-order chi connectivity index (χ0) is 30.8. The fourth-order valence-corrected chi connectivity index (χ4v) is 9.80. The standard InChI is InChI=1S/C43H32N2S/c1-42(2)35-25-37-31(29-16-10-11-17-36(29)45(37)28-14-8-5-9-15-28)24-32(35)34-22-20-30-33(43(34,42)3)21-18-26-19-23-38-40(39(26)30)44-41(46-38)27-12-6-4-7-13-27/h4-25,34H,1-3H3. The summed E-state index contributed by atoms with van der Waals surface area (Å²) in [5.74, 6) is 0.278. The lowest BCUT2D eigenvalue weighted by Gasteiger charge is -2.45. The van der Waals surface area contributed by atoms with Gasteiger partial charge in [-0.3, -0.25) is 0 Å². The first kappa shape index (κ1) is 26.2. The second kappa shape index (κ2) is 9.05. The number of thiazole rings is 1. The highest BCUT2D eigenvalue weighted by molar-refractivity contribution is 7.21. The van der Waals surface area contributed by atoms with Crippen molar-refractivity contribution >= 4 is 60.2 Å². The highest BCUT2D eigenvalue weighted by atomic mass is 32.1. The highest BCUT2D eigenvalue weighted by Gasteiger charge is 2.57. The van der Waals surface area contributed by atoms with Gasteiger partial charge in [0.25, 0.3) is 0 Å². The van der Waals surface area contributed by atoms with Crippen molar-refractivity contribution in [2.45, 2.75) is 37.5 Å². The minimum Gasteiger partial charge on any atom is -0.309 e. The van der Waals surface area contributed by atoms with E-state index in [0.717, 1.165) is 10.5 Å². The molecule has 2 heterocycles. The summed E-state index contributed by atoms with van der Waals surface area (Å²) in [7, 11) is 0. The molecule has 0 saturated carbocycles. The van der Waals surface area contributed by atoms with E-state index in [4.69, 9.17) is 4.98 Å². The minimum absolute atomic E-state index is 0.114. The van der Waals surface area contributed by atoms with Crippen molar-refractivity contribution < 1.29 is 0 Å². The number of benzene rings is 6. The fraction of sp³-hybridized carbons (Fsp3) is 0.140. The first-order valence-electron chi connectivity index (χ1n) is 16.2. The normalized spacial score (nSPS) is 19.6. The molecular formula is C43H32N2S. The summed E-state index contributed by atoms with van der Waals surface area (Å²) in [4.78, 5) is 5.28. The van der Waals surface area contributed by atoms with Crippen LogP contribution in [0.1, 0.15) is 48.9 Å². The topological polar surface area (TPSA) is 17.8 Å². The third-order valence-corrected chi connectivity index (χ3v) is 12.5. The summed E-state index contributed by atoms with van der Waals surface area (Å²) >= 11 is 1.79. The molecule has 6 aromatic carbocycles. The van der Waals surface area contributed by atoms with Crippen LogP contribution in [-0.2, 0) is 10.8 Å². The Balaban J connectivity index is 1.22. The van der Waals surface area contributed by atoms with Crippen molar-refractivity contribution in [1.29, 1.82) is 0 Å². The van der Waals surface area contributed by atoms with Gasteiger partial charge >= 0.3 is 0 Å². The average Bonchev–Trinajstić information content (AvgIpc) is 3.72. The van der Waals surface area contributed by atoms with Gasteiger partial charge in [-0.25, -0.2) is 4.98 Å².